The van der Waals surface area contributed by atoms with Crippen molar-refractivity contribution in [3.8, 4) is 11.5 Å². The zero-order chi connectivity index (χ0) is 15.4. The van der Waals surface area contributed by atoms with Crippen LogP contribution in [0.3, 0.4) is 0 Å². The van der Waals surface area contributed by atoms with E-state index >= 15 is 0 Å². The zero-order valence-corrected chi connectivity index (χ0v) is 11.0. The van der Waals surface area contributed by atoms with E-state index in [1.54, 1.807) is 12.1 Å². The minimum atomic E-state index is -0.796. The van der Waals surface area contributed by atoms with E-state index in [9.17, 15) is 18.9 Å². The number of benzene rings is 2. The number of nitrogens with zero attached hydrogens (tertiary/aromatic N) is 1. The van der Waals surface area contributed by atoms with Gasteiger partial charge in [-0.15, -0.1) is 0 Å². The molecule has 4 nitrogen and oxygen atoms in total. The van der Waals surface area contributed by atoms with Gasteiger partial charge in [0.1, 0.15) is 5.75 Å². The topological polar surface area (TPSA) is 52.4 Å². The molecule has 0 heterocycles. The molecule has 0 fully saturated rings. The molecule has 0 saturated carbocycles. The third-order valence-corrected chi connectivity index (χ3v) is 2.73. The Morgan fingerprint density at radius 3 is 2.43 bits per heavy atom. The first-order chi connectivity index (χ1) is 9.97. The maximum Gasteiger partial charge on any atom is 0.235 e. The molecule has 108 valence electrons. The zero-order valence-electron chi connectivity index (χ0n) is 11.0. The van der Waals surface area contributed by atoms with Crippen molar-refractivity contribution in [1.82, 2.24) is 0 Å². The summed E-state index contributed by atoms with van der Waals surface area (Å²) in [6, 6.07) is 8.48. The molecule has 0 amide bonds. The van der Waals surface area contributed by atoms with E-state index in [0.29, 0.717) is 5.56 Å². The van der Waals surface area contributed by atoms with Gasteiger partial charge in [0.25, 0.3) is 0 Å². The van der Waals surface area contributed by atoms with Gasteiger partial charge in [-0.3, -0.25) is 10.1 Å². The van der Waals surface area contributed by atoms with Crippen LogP contribution in [0.15, 0.2) is 42.6 Å². The Bertz CT molecular complexity index is 697. The third-order valence-electron chi connectivity index (χ3n) is 2.73. The van der Waals surface area contributed by atoms with Gasteiger partial charge in [0.15, 0.2) is 17.4 Å². The third kappa shape index (κ3) is 3.62. The van der Waals surface area contributed by atoms with Gasteiger partial charge in [-0.25, -0.2) is 8.78 Å². The van der Waals surface area contributed by atoms with Crippen molar-refractivity contribution in [2.75, 3.05) is 0 Å². The van der Waals surface area contributed by atoms with Gasteiger partial charge in [-0.1, -0.05) is 18.2 Å². The predicted molar refractivity (Wildman–Crippen MR) is 73.6 cm³/mol. The standard InChI is InChI=1S/C15H11F2NO3/c1-10-2-7-13(16)15(14(10)17)21-12-5-3-11(4-6-12)8-9-18(19)20/h2-9H,1H3/b9-8+. The molecule has 0 aliphatic heterocycles. The molecule has 0 aliphatic rings. The molecule has 0 bridgehead atoms. The summed E-state index contributed by atoms with van der Waals surface area (Å²) in [5.74, 6) is -1.79. The average molecular weight is 291 g/mol. The second-order valence-corrected chi connectivity index (χ2v) is 4.28. The fraction of sp³-hybridized carbons (Fsp3) is 0.0667. The van der Waals surface area contributed by atoms with Crippen LogP contribution in [-0.2, 0) is 0 Å². The average Bonchev–Trinajstić information content (AvgIpc) is 2.47. The van der Waals surface area contributed by atoms with Crippen LogP contribution >= 0.6 is 0 Å². The quantitative estimate of drug-likeness (QED) is 0.623. The molecule has 2 aromatic rings. The molecule has 0 aliphatic carbocycles. The molecule has 0 N–H and O–H groups in total. The summed E-state index contributed by atoms with van der Waals surface area (Å²) in [6.07, 6.45) is 2.10. The Morgan fingerprint density at radius 1 is 1.14 bits per heavy atom. The fourth-order valence-electron chi connectivity index (χ4n) is 1.64. The van der Waals surface area contributed by atoms with Crippen LogP contribution in [0.2, 0.25) is 0 Å². The van der Waals surface area contributed by atoms with Gasteiger partial charge in [0.2, 0.25) is 6.20 Å². The van der Waals surface area contributed by atoms with E-state index in [4.69, 9.17) is 4.74 Å². The van der Waals surface area contributed by atoms with Crippen molar-refractivity contribution in [2.24, 2.45) is 0 Å². The summed E-state index contributed by atoms with van der Waals surface area (Å²) < 4.78 is 32.5. The van der Waals surface area contributed by atoms with Gasteiger partial charge in [0, 0.05) is 6.08 Å². The SMILES string of the molecule is Cc1ccc(F)c(Oc2ccc(/C=C/[N+](=O)[O-])cc2)c1F. The molecule has 0 aromatic heterocycles. The van der Waals surface area contributed by atoms with Gasteiger partial charge in [-0.2, -0.15) is 0 Å². The number of hydrogen-bond donors (Lipinski definition) is 0. The summed E-state index contributed by atoms with van der Waals surface area (Å²) in [6.45, 7) is 1.51. The first kappa shape index (κ1) is 14.6. The monoisotopic (exact) mass is 291 g/mol. The lowest BCUT2D eigenvalue weighted by Gasteiger charge is -2.09. The van der Waals surface area contributed by atoms with Gasteiger partial charge in [-0.05, 0) is 36.2 Å². The lowest BCUT2D eigenvalue weighted by Crippen LogP contribution is -1.95. The molecule has 0 atom stereocenters. The van der Waals surface area contributed by atoms with Gasteiger partial charge in [0.05, 0.1) is 4.92 Å². The van der Waals surface area contributed by atoms with E-state index in [2.05, 4.69) is 0 Å². The molecule has 2 rings (SSSR count). The molecule has 0 saturated heterocycles. The normalized spacial score (nSPS) is 10.8. The highest BCUT2D eigenvalue weighted by Gasteiger charge is 2.13. The van der Waals surface area contributed by atoms with Gasteiger partial charge < -0.3 is 4.74 Å². The van der Waals surface area contributed by atoms with Crippen LogP contribution in [0, 0.1) is 28.7 Å². The first-order valence-electron chi connectivity index (χ1n) is 6.01. The van der Waals surface area contributed by atoms with E-state index in [0.717, 1.165) is 12.3 Å². The fourth-order valence-corrected chi connectivity index (χ4v) is 1.64. The summed E-state index contributed by atoms with van der Waals surface area (Å²) >= 11 is 0. The van der Waals surface area contributed by atoms with E-state index in [1.807, 2.05) is 0 Å². The van der Waals surface area contributed by atoms with Crippen molar-refractivity contribution in [1.29, 1.82) is 0 Å². The predicted octanol–water partition coefficient (Wildman–Crippen LogP) is 4.31. The Balaban J connectivity index is 2.21. The first-order valence-corrected chi connectivity index (χ1v) is 6.01. The summed E-state index contributed by atoms with van der Waals surface area (Å²) in [5.41, 5.74) is 0.848. The Labute approximate surface area is 119 Å². The molecular weight excluding hydrogens is 280 g/mol. The highest BCUT2D eigenvalue weighted by Crippen LogP contribution is 2.29. The number of ether oxygens (including phenoxy) is 1. The molecule has 21 heavy (non-hydrogen) atoms. The van der Waals surface area contributed by atoms with Crippen LogP contribution in [0.5, 0.6) is 11.5 Å². The number of hydrogen-bond acceptors (Lipinski definition) is 3. The second-order valence-electron chi connectivity index (χ2n) is 4.28. The Morgan fingerprint density at radius 2 is 1.81 bits per heavy atom. The largest absolute Gasteiger partial charge is 0.451 e. The second kappa shape index (κ2) is 6.13. The van der Waals surface area contributed by atoms with Crippen molar-refractivity contribution in [3.05, 3.63) is 75.5 Å². The van der Waals surface area contributed by atoms with Crippen LogP contribution in [0.4, 0.5) is 8.78 Å². The minimum absolute atomic E-state index is 0.233. The van der Waals surface area contributed by atoms with Crippen molar-refractivity contribution >= 4 is 6.08 Å². The van der Waals surface area contributed by atoms with Crippen LogP contribution in [0.25, 0.3) is 6.08 Å². The number of aryl methyl sites for hydroxylation is 1. The van der Waals surface area contributed by atoms with Gasteiger partial charge >= 0.3 is 0 Å². The maximum absolute atomic E-state index is 13.8. The smallest absolute Gasteiger partial charge is 0.235 e. The summed E-state index contributed by atoms with van der Waals surface area (Å²) in [7, 11) is 0. The van der Waals surface area contributed by atoms with E-state index in [-0.39, 0.29) is 11.3 Å². The number of nitro groups is 1. The highest BCUT2D eigenvalue weighted by molar-refractivity contribution is 5.50. The molecule has 0 spiro atoms. The van der Waals surface area contributed by atoms with Crippen LogP contribution in [-0.4, -0.2) is 4.92 Å². The van der Waals surface area contributed by atoms with Crippen LogP contribution < -0.4 is 4.74 Å². The molecule has 6 heteroatoms. The van der Waals surface area contributed by atoms with Crippen molar-refractivity contribution in [2.45, 2.75) is 6.92 Å². The summed E-state index contributed by atoms with van der Waals surface area (Å²) in [5, 5.41) is 10.2. The maximum atomic E-state index is 13.8. The lowest BCUT2D eigenvalue weighted by atomic mass is 10.2. The lowest BCUT2D eigenvalue weighted by molar-refractivity contribution is -0.400. The number of halogens is 2. The molecule has 2 aromatic carbocycles. The molecular formula is C15H11F2NO3. The highest BCUT2D eigenvalue weighted by atomic mass is 19.1. The minimum Gasteiger partial charge on any atom is -0.451 e. The Hall–Kier alpha value is -2.76. The van der Waals surface area contributed by atoms with E-state index < -0.39 is 22.3 Å². The Kier molecular flexibility index (Phi) is 4.27. The van der Waals surface area contributed by atoms with E-state index in [1.165, 1.54) is 31.2 Å². The summed E-state index contributed by atoms with van der Waals surface area (Å²) in [4.78, 5) is 9.62. The van der Waals surface area contributed by atoms with Crippen molar-refractivity contribution < 1.29 is 18.4 Å². The molecule has 0 unspecified atom stereocenters. The van der Waals surface area contributed by atoms with Crippen molar-refractivity contribution in [3.63, 3.8) is 0 Å². The van der Waals surface area contributed by atoms with Crippen LogP contribution in [0.1, 0.15) is 11.1 Å². The number of rotatable bonds is 4. The molecule has 0 radical (unpaired) electrons.